The van der Waals surface area contributed by atoms with Crippen LogP contribution >= 0.6 is 0 Å². The summed E-state index contributed by atoms with van der Waals surface area (Å²) in [7, 11) is -3.61. The Hall–Kier alpha value is -2.26. The fourth-order valence-corrected chi connectivity index (χ4v) is 2.71. The Morgan fingerprint density at radius 3 is 2.61 bits per heavy atom. The van der Waals surface area contributed by atoms with Crippen molar-refractivity contribution in [2.45, 2.75) is 18.8 Å². The van der Waals surface area contributed by atoms with E-state index in [9.17, 15) is 13.2 Å². The van der Waals surface area contributed by atoms with Crippen molar-refractivity contribution in [2.24, 2.45) is 5.14 Å². The predicted octanol–water partition coefficient (Wildman–Crippen LogP) is 0.163. The van der Waals surface area contributed by atoms with Crippen molar-refractivity contribution in [1.82, 2.24) is 20.3 Å². The minimum Gasteiger partial charge on any atom is -0.350 e. The van der Waals surface area contributed by atoms with Gasteiger partial charge in [-0.15, -0.1) is 5.10 Å². The van der Waals surface area contributed by atoms with Crippen molar-refractivity contribution in [1.29, 1.82) is 0 Å². The highest BCUT2D eigenvalue weighted by Gasteiger charge is 2.34. The number of hydrogen-bond donors (Lipinski definition) is 2. The molecule has 1 amide bonds. The van der Waals surface area contributed by atoms with Crippen molar-refractivity contribution in [3.8, 4) is 5.69 Å². The lowest BCUT2D eigenvalue weighted by Crippen LogP contribution is -2.32. The highest BCUT2D eigenvalue weighted by molar-refractivity contribution is 7.89. The van der Waals surface area contributed by atoms with Gasteiger partial charge in [-0.1, -0.05) is 23.4 Å². The molecule has 9 heteroatoms. The maximum Gasteiger partial charge on any atom is 0.273 e. The van der Waals surface area contributed by atoms with E-state index in [0.29, 0.717) is 0 Å². The maximum absolute atomic E-state index is 12.3. The number of nitrogens with two attached hydrogens (primary N) is 1. The summed E-state index contributed by atoms with van der Waals surface area (Å²) in [5, 5.41) is 15.5. The Morgan fingerprint density at radius 1 is 1.30 bits per heavy atom. The average Bonchev–Trinajstić information content (AvgIpc) is 3.25. The Labute approximate surface area is 133 Å². The van der Waals surface area contributed by atoms with E-state index in [1.165, 1.54) is 0 Å². The molecule has 0 saturated heterocycles. The van der Waals surface area contributed by atoms with Gasteiger partial charge in [-0.25, -0.2) is 18.2 Å². The number of nitrogens with zero attached hydrogens (tertiary/aromatic N) is 3. The first-order valence-electron chi connectivity index (χ1n) is 7.25. The number of benzene rings is 1. The van der Waals surface area contributed by atoms with Gasteiger partial charge in [0.15, 0.2) is 5.69 Å². The third-order valence-corrected chi connectivity index (χ3v) is 4.33. The number of rotatable bonds is 6. The van der Waals surface area contributed by atoms with Gasteiger partial charge in [-0.2, -0.15) is 0 Å². The molecule has 1 aromatic heterocycles. The second-order valence-corrected chi connectivity index (χ2v) is 7.20. The van der Waals surface area contributed by atoms with Gasteiger partial charge in [0.05, 0.1) is 17.1 Å². The van der Waals surface area contributed by atoms with Crippen LogP contribution in [0.1, 0.15) is 34.9 Å². The van der Waals surface area contributed by atoms with Crippen molar-refractivity contribution in [3.05, 3.63) is 41.7 Å². The summed E-state index contributed by atoms with van der Waals surface area (Å²) in [6.07, 6.45) is 1.97. The van der Waals surface area contributed by atoms with Gasteiger partial charge in [0, 0.05) is 12.5 Å². The summed E-state index contributed by atoms with van der Waals surface area (Å²) in [6.45, 7) is -0.0556. The molecule has 0 unspecified atom stereocenters. The fourth-order valence-electron chi connectivity index (χ4n) is 2.32. The van der Waals surface area contributed by atoms with Crippen LogP contribution in [0.4, 0.5) is 0 Å². The normalized spacial score (nSPS) is 14.7. The third-order valence-electron chi connectivity index (χ3n) is 3.56. The van der Waals surface area contributed by atoms with Crippen LogP contribution in [0, 0.1) is 0 Å². The topological polar surface area (TPSA) is 120 Å². The van der Waals surface area contributed by atoms with E-state index in [0.717, 1.165) is 24.2 Å². The molecular weight excluding hydrogens is 318 g/mol. The Kier molecular flexibility index (Phi) is 4.14. The van der Waals surface area contributed by atoms with Crippen LogP contribution in [-0.4, -0.2) is 41.6 Å². The molecule has 3 rings (SSSR count). The SMILES string of the molecule is NS(=O)(=O)CCNC(=O)c1nnn(-c2ccccc2)c1C1CC1. The second-order valence-electron chi connectivity index (χ2n) is 5.47. The van der Waals surface area contributed by atoms with Crippen LogP contribution in [0.3, 0.4) is 0 Å². The molecule has 1 aromatic carbocycles. The second kappa shape index (κ2) is 6.09. The summed E-state index contributed by atoms with van der Waals surface area (Å²) in [4.78, 5) is 12.3. The number of nitrogens with one attached hydrogen (secondary N) is 1. The zero-order valence-corrected chi connectivity index (χ0v) is 13.2. The number of carbonyl (C=O) groups excluding carboxylic acids is 1. The zero-order chi connectivity index (χ0) is 16.4. The summed E-state index contributed by atoms with van der Waals surface area (Å²) < 4.78 is 23.5. The molecule has 0 aliphatic heterocycles. The molecule has 8 nitrogen and oxygen atoms in total. The van der Waals surface area contributed by atoms with Gasteiger partial charge < -0.3 is 5.32 Å². The van der Waals surface area contributed by atoms with Crippen LogP contribution in [0.25, 0.3) is 5.69 Å². The lowest BCUT2D eigenvalue weighted by Gasteiger charge is -2.07. The van der Waals surface area contributed by atoms with E-state index in [2.05, 4.69) is 15.6 Å². The highest BCUT2D eigenvalue weighted by Crippen LogP contribution is 2.41. The summed E-state index contributed by atoms with van der Waals surface area (Å²) in [5.74, 6) is -0.494. The van der Waals surface area contributed by atoms with Crippen molar-refractivity contribution in [2.75, 3.05) is 12.3 Å². The fraction of sp³-hybridized carbons (Fsp3) is 0.357. The van der Waals surface area contributed by atoms with Gasteiger partial charge >= 0.3 is 0 Å². The van der Waals surface area contributed by atoms with Crippen LogP contribution in [0.15, 0.2) is 30.3 Å². The van der Waals surface area contributed by atoms with Gasteiger partial charge in [-0.3, -0.25) is 4.79 Å². The standard InChI is InChI=1S/C14H17N5O3S/c15-23(21,22)9-8-16-14(20)12-13(10-6-7-10)19(18-17-12)11-4-2-1-3-5-11/h1-5,10H,6-9H2,(H,16,20)(H2,15,21,22). The van der Waals surface area contributed by atoms with Gasteiger partial charge in [-0.05, 0) is 25.0 Å². The molecule has 2 aromatic rings. The van der Waals surface area contributed by atoms with Crippen molar-refractivity contribution < 1.29 is 13.2 Å². The quantitative estimate of drug-likeness (QED) is 0.779. The summed E-state index contributed by atoms with van der Waals surface area (Å²) >= 11 is 0. The Morgan fingerprint density at radius 2 is 2.00 bits per heavy atom. The Balaban J connectivity index is 1.83. The number of aromatic nitrogens is 3. The first-order valence-corrected chi connectivity index (χ1v) is 8.97. The molecule has 1 saturated carbocycles. The van der Waals surface area contributed by atoms with E-state index < -0.39 is 15.9 Å². The van der Waals surface area contributed by atoms with Crippen LogP contribution in [0.5, 0.6) is 0 Å². The summed E-state index contributed by atoms with van der Waals surface area (Å²) in [6, 6.07) is 9.46. The monoisotopic (exact) mass is 335 g/mol. The molecule has 23 heavy (non-hydrogen) atoms. The third kappa shape index (κ3) is 3.74. The first-order chi connectivity index (χ1) is 11.0. The number of primary sulfonamides is 1. The first kappa shape index (κ1) is 15.6. The molecule has 0 spiro atoms. The van der Waals surface area contributed by atoms with Crippen LogP contribution in [-0.2, 0) is 10.0 Å². The van der Waals surface area contributed by atoms with Crippen LogP contribution in [0.2, 0.25) is 0 Å². The van der Waals surface area contributed by atoms with Gasteiger partial charge in [0.1, 0.15) is 0 Å². The van der Waals surface area contributed by atoms with E-state index in [1.807, 2.05) is 30.3 Å². The number of carbonyl (C=O) groups is 1. The van der Waals surface area contributed by atoms with Crippen molar-refractivity contribution in [3.63, 3.8) is 0 Å². The van der Waals surface area contributed by atoms with E-state index in [1.54, 1.807) is 4.68 Å². The molecular formula is C14H17N5O3S. The molecule has 0 bridgehead atoms. The average molecular weight is 335 g/mol. The molecule has 3 N–H and O–H groups in total. The number of amides is 1. The lowest BCUT2D eigenvalue weighted by molar-refractivity contribution is 0.0950. The van der Waals surface area contributed by atoms with Crippen LogP contribution < -0.4 is 10.5 Å². The molecule has 0 radical (unpaired) electrons. The summed E-state index contributed by atoms with van der Waals surface area (Å²) in [5.41, 5.74) is 1.85. The highest BCUT2D eigenvalue weighted by atomic mass is 32.2. The predicted molar refractivity (Wildman–Crippen MR) is 83.6 cm³/mol. The van der Waals surface area contributed by atoms with Gasteiger partial charge in [0.25, 0.3) is 5.91 Å². The smallest absolute Gasteiger partial charge is 0.273 e. The molecule has 122 valence electrons. The molecule has 1 fully saturated rings. The van der Waals surface area contributed by atoms with E-state index >= 15 is 0 Å². The van der Waals surface area contributed by atoms with E-state index in [-0.39, 0.29) is 23.9 Å². The number of sulfonamides is 1. The lowest BCUT2D eigenvalue weighted by atomic mass is 10.2. The number of para-hydroxylation sites is 1. The minimum atomic E-state index is -3.61. The largest absolute Gasteiger partial charge is 0.350 e. The number of hydrogen-bond acceptors (Lipinski definition) is 5. The van der Waals surface area contributed by atoms with Gasteiger partial charge in [0.2, 0.25) is 10.0 Å². The maximum atomic E-state index is 12.3. The molecule has 1 heterocycles. The van der Waals surface area contributed by atoms with Crippen molar-refractivity contribution >= 4 is 15.9 Å². The molecule has 1 aliphatic carbocycles. The minimum absolute atomic E-state index is 0.0556. The van der Waals surface area contributed by atoms with E-state index in [4.69, 9.17) is 5.14 Å². The zero-order valence-electron chi connectivity index (χ0n) is 12.3. The molecule has 1 aliphatic rings. The molecule has 0 atom stereocenters. The Bertz CT molecular complexity index is 812.